The molecule has 26 heavy (non-hydrogen) atoms. The van der Waals surface area contributed by atoms with Crippen LogP contribution in [0.2, 0.25) is 0 Å². The molecule has 0 aliphatic rings. The molecule has 3 N–H and O–H groups in total. The van der Waals surface area contributed by atoms with Gasteiger partial charge >= 0.3 is 0 Å². The van der Waals surface area contributed by atoms with Gasteiger partial charge in [0.1, 0.15) is 5.82 Å². The number of nitrogens with zero attached hydrogens (tertiary/aromatic N) is 2. The Morgan fingerprint density at radius 2 is 2.00 bits per heavy atom. The van der Waals surface area contributed by atoms with Gasteiger partial charge in [-0.3, -0.25) is 4.79 Å². The van der Waals surface area contributed by atoms with Crippen LogP contribution in [0.4, 0.5) is 4.39 Å². The third-order valence-corrected chi connectivity index (χ3v) is 4.39. The third kappa shape index (κ3) is 2.52. The number of carbonyl (C=O) groups is 1. The first-order chi connectivity index (χ1) is 12.6. The van der Waals surface area contributed by atoms with Crippen molar-refractivity contribution in [2.75, 3.05) is 0 Å². The van der Waals surface area contributed by atoms with Gasteiger partial charge in [0, 0.05) is 40.7 Å². The van der Waals surface area contributed by atoms with E-state index in [9.17, 15) is 9.18 Å². The van der Waals surface area contributed by atoms with Crippen molar-refractivity contribution in [2.24, 2.45) is 5.73 Å². The van der Waals surface area contributed by atoms with Gasteiger partial charge in [0.2, 0.25) is 0 Å². The molecule has 0 radical (unpaired) electrons. The molecule has 2 heterocycles. The highest BCUT2D eigenvalue weighted by Crippen LogP contribution is 2.33. The number of carbonyl (C=O) groups excluding carboxylic acids is 1. The molecule has 0 unspecified atom stereocenters. The van der Waals surface area contributed by atoms with Gasteiger partial charge in [-0.2, -0.15) is 0 Å². The molecule has 0 fully saturated rings. The Hall–Kier alpha value is -3.54. The number of para-hydroxylation sites is 1. The summed E-state index contributed by atoms with van der Waals surface area (Å²) >= 11 is 0. The molecule has 0 spiro atoms. The number of hydrogen-bond acceptors (Lipinski definition) is 3. The van der Waals surface area contributed by atoms with E-state index in [1.807, 2.05) is 24.3 Å². The molecule has 6 heteroatoms. The number of fused-ring (bicyclic) bond motifs is 3. The van der Waals surface area contributed by atoms with Crippen molar-refractivity contribution < 1.29 is 9.18 Å². The van der Waals surface area contributed by atoms with Crippen LogP contribution in [0.25, 0.3) is 27.9 Å². The predicted octanol–water partition coefficient (Wildman–Crippen LogP) is 3.58. The Labute approximate surface area is 148 Å². The summed E-state index contributed by atoms with van der Waals surface area (Å²) < 4.78 is 14.9. The number of H-pyrrole nitrogens is 1. The number of hydrogen-bond donors (Lipinski definition) is 2. The molecule has 2 aromatic carbocycles. The standard InChI is InChI=1S/C20H15FN4O/c1-2-17-23-9-11(10-24-17)7-13-15(21)8-14(20(22)26)19-18(13)12-5-3-4-6-16(12)25-19/h2-6,8-10,25H,1,7H2,(H2,22,26). The van der Waals surface area contributed by atoms with Crippen molar-refractivity contribution >= 4 is 33.8 Å². The fraction of sp³-hybridized carbons (Fsp3) is 0.0500. The highest BCUT2D eigenvalue weighted by molar-refractivity contribution is 6.16. The van der Waals surface area contributed by atoms with E-state index < -0.39 is 11.7 Å². The zero-order chi connectivity index (χ0) is 18.3. The first-order valence-corrected chi connectivity index (χ1v) is 8.03. The summed E-state index contributed by atoms with van der Waals surface area (Å²) in [7, 11) is 0. The number of aromatic nitrogens is 3. The summed E-state index contributed by atoms with van der Waals surface area (Å²) in [4.78, 5) is 23.3. The topological polar surface area (TPSA) is 84.7 Å². The van der Waals surface area contributed by atoms with Gasteiger partial charge in [-0.15, -0.1) is 0 Å². The van der Waals surface area contributed by atoms with Gasteiger partial charge in [0.15, 0.2) is 5.82 Å². The molecular formula is C20H15FN4O. The first kappa shape index (κ1) is 16.0. The Morgan fingerprint density at radius 3 is 2.69 bits per heavy atom. The lowest BCUT2D eigenvalue weighted by atomic mass is 9.97. The SMILES string of the molecule is C=Cc1ncc(Cc2c(F)cc(C(N)=O)c3[nH]c4ccccc4c23)cn1. The molecule has 0 aliphatic carbocycles. The Balaban J connectivity index is 1.98. The lowest BCUT2D eigenvalue weighted by Crippen LogP contribution is -2.13. The summed E-state index contributed by atoms with van der Waals surface area (Å²) in [5.74, 6) is -0.648. The van der Waals surface area contributed by atoms with Crippen molar-refractivity contribution in [1.82, 2.24) is 15.0 Å². The smallest absolute Gasteiger partial charge is 0.250 e. The summed E-state index contributed by atoms with van der Waals surface area (Å²) in [5, 5.41) is 1.49. The second-order valence-corrected chi connectivity index (χ2v) is 6.00. The molecular weight excluding hydrogens is 331 g/mol. The van der Waals surface area contributed by atoms with Crippen molar-refractivity contribution in [3.63, 3.8) is 0 Å². The lowest BCUT2D eigenvalue weighted by molar-refractivity contribution is 0.100. The molecule has 0 aliphatic heterocycles. The zero-order valence-corrected chi connectivity index (χ0v) is 13.8. The fourth-order valence-corrected chi connectivity index (χ4v) is 3.20. The van der Waals surface area contributed by atoms with E-state index in [4.69, 9.17) is 5.73 Å². The van der Waals surface area contributed by atoms with E-state index >= 15 is 0 Å². The van der Waals surface area contributed by atoms with Crippen LogP contribution in [-0.4, -0.2) is 20.9 Å². The Bertz CT molecular complexity index is 1160. The molecule has 2 aromatic heterocycles. The van der Waals surface area contributed by atoms with Crippen molar-refractivity contribution in [3.05, 3.63) is 77.6 Å². The summed E-state index contributed by atoms with van der Waals surface area (Å²) in [6.45, 7) is 3.62. The monoisotopic (exact) mass is 346 g/mol. The number of aromatic amines is 1. The normalized spacial score (nSPS) is 11.1. The average Bonchev–Trinajstić information content (AvgIpc) is 3.03. The molecule has 0 bridgehead atoms. The van der Waals surface area contributed by atoms with E-state index in [0.717, 1.165) is 16.5 Å². The highest BCUT2D eigenvalue weighted by atomic mass is 19.1. The number of nitrogens with one attached hydrogen (secondary N) is 1. The second kappa shape index (κ2) is 6.07. The quantitative estimate of drug-likeness (QED) is 0.592. The zero-order valence-electron chi connectivity index (χ0n) is 13.8. The van der Waals surface area contributed by atoms with Crippen molar-refractivity contribution in [2.45, 2.75) is 6.42 Å². The van der Waals surface area contributed by atoms with Gasteiger partial charge in [0.05, 0.1) is 11.1 Å². The Morgan fingerprint density at radius 1 is 1.27 bits per heavy atom. The average molecular weight is 346 g/mol. The van der Waals surface area contributed by atoms with Crippen LogP contribution in [-0.2, 0) is 6.42 Å². The summed E-state index contributed by atoms with van der Waals surface area (Å²) in [6, 6.07) is 8.70. The maximum Gasteiger partial charge on any atom is 0.250 e. The third-order valence-electron chi connectivity index (χ3n) is 4.39. The Kier molecular flexibility index (Phi) is 3.73. The maximum absolute atomic E-state index is 14.9. The molecule has 4 aromatic rings. The molecule has 1 amide bonds. The summed E-state index contributed by atoms with van der Waals surface area (Å²) in [5.41, 5.74) is 8.17. The largest absolute Gasteiger partial charge is 0.366 e. The second-order valence-electron chi connectivity index (χ2n) is 6.00. The maximum atomic E-state index is 14.9. The van der Waals surface area contributed by atoms with Gasteiger partial charge in [-0.25, -0.2) is 14.4 Å². The molecule has 5 nitrogen and oxygen atoms in total. The minimum atomic E-state index is -0.675. The lowest BCUT2D eigenvalue weighted by Gasteiger charge is -2.09. The summed E-state index contributed by atoms with van der Waals surface area (Å²) in [6.07, 6.45) is 5.13. The van der Waals surface area contributed by atoms with E-state index in [0.29, 0.717) is 28.7 Å². The van der Waals surface area contributed by atoms with E-state index in [-0.39, 0.29) is 5.56 Å². The number of amides is 1. The van der Waals surface area contributed by atoms with Crippen LogP contribution < -0.4 is 5.73 Å². The number of primary amides is 1. The van der Waals surface area contributed by atoms with Gasteiger partial charge in [0.25, 0.3) is 5.91 Å². The molecule has 128 valence electrons. The van der Waals surface area contributed by atoms with E-state index in [2.05, 4.69) is 21.5 Å². The van der Waals surface area contributed by atoms with Gasteiger partial charge < -0.3 is 10.7 Å². The van der Waals surface area contributed by atoms with E-state index in [1.165, 1.54) is 6.07 Å². The highest BCUT2D eigenvalue weighted by Gasteiger charge is 2.19. The minimum absolute atomic E-state index is 0.135. The fourth-order valence-electron chi connectivity index (χ4n) is 3.20. The van der Waals surface area contributed by atoms with Crippen molar-refractivity contribution in [1.29, 1.82) is 0 Å². The van der Waals surface area contributed by atoms with Crippen LogP contribution in [0, 0.1) is 5.82 Å². The van der Waals surface area contributed by atoms with Crippen LogP contribution >= 0.6 is 0 Å². The molecule has 0 atom stereocenters. The number of nitrogens with two attached hydrogens (primary N) is 1. The molecule has 4 rings (SSSR count). The number of halogens is 1. The van der Waals surface area contributed by atoms with Crippen molar-refractivity contribution in [3.8, 4) is 0 Å². The minimum Gasteiger partial charge on any atom is -0.366 e. The van der Waals surface area contributed by atoms with Crippen LogP contribution in [0.1, 0.15) is 27.3 Å². The first-order valence-electron chi connectivity index (χ1n) is 8.03. The predicted molar refractivity (Wildman–Crippen MR) is 99.2 cm³/mol. The van der Waals surface area contributed by atoms with Gasteiger partial charge in [-0.05, 0) is 23.8 Å². The molecule has 0 saturated carbocycles. The van der Waals surface area contributed by atoms with E-state index in [1.54, 1.807) is 18.5 Å². The van der Waals surface area contributed by atoms with Crippen LogP contribution in [0.5, 0.6) is 0 Å². The van der Waals surface area contributed by atoms with Crippen LogP contribution in [0.15, 0.2) is 49.3 Å². The van der Waals surface area contributed by atoms with Crippen LogP contribution in [0.3, 0.4) is 0 Å². The molecule has 0 saturated heterocycles. The number of rotatable bonds is 4. The number of benzene rings is 2. The van der Waals surface area contributed by atoms with Gasteiger partial charge in [-0.1, -0.05) is 24.8 Å².